The maximum atomic E-state index is 13.2. The highest BCUT2D eigenvalue weighted by Gasteiger charge is 2.83. The van der Waals surface area contributed by atoms with Crippen LogP contribution in [0.15, 0.2) is 47.6 Å². The number of epoxide rings is 1. The van der Waals surface area contributed by atoms with Crippen molar-refractivity contribution in [3.63, 3.8) is 0 Å². The third-order valence-electron chi connectivity index (χ3n) is 10.5. The topological polar surface area (TPSA) is 133 Å². The van der Waals surface area contributed by atoms with Gasteiger partial charge in [0.05, 0.1) is 36.9 Å². The number of fused-ring (bicyclic) bond motifs is 7. The predicted molar refractivity (Wildman–Crippen MR) is 133 cm³/mol. The molecule has 210 valence electrons. The van der Waals surface area contributed by atoms with E-state index >= 15 is 0 Å². The predicted octanol–water partition coefficient (Wildman–Crippen LogP) is 1.40. The third-order valence-corrected chi connectivity index (χ3v) is 10.5. The minimum atomic E-state index is -1.45. The number of esters is 2. The van der Waals surface area contributed by atoms with Crippen LogP contribution in [0.1, 0.15) is 39.5 Å². The Bertz CT molecular complexity index is 1210. The minimum Gasteiger partial charge on any atom is -0.462 e. The standard InChI is InChI=1S/C29H34O10/c1-16-6-8-27-14-34-23(31)11-17-10-20-28(35-13-17,24(32)25(33)39-20)7-4-3-5-22(30)38-18-12-21(37-19(27)9-16)29(15-36-29)26(18,27)2/h3-5,7,9,11,18-21,24-25,32-33H,6,8,10,12-15H2,1-2H3/b5-3-,7-4+,17-11-/t18-,19-,20+,21-,24-,25-,26-,27-,28-,29+/m1/s1. The van der Waals surface area contributed by atoms with Crippen molar-refractivity contribution < 1.29 is 48.2 Å². The summed E-state index contributed by atoms with van der Waals surface area (Å²) in [5, 5.41) is 20.9. The molecule has 4 bridgehead atoms. The Morgan fingerprint density at radius 3 is 2.62 bits per heavy atom. The first-order chi connectivity index (χ1) is 18.6. The molecule has 0 aromatic carbocycles. The fourth-order valence-corrected chi connectivity index (χ4v) is 8.08. The first kappa shape index (κ1) is 25.6. The zero-order valence-corrected chi connectivity index (χ0v) is 22.0. The van der Waals surface area contributed by atoms with E-state index in [2.05, 4.69) is 19.9 Å². The van der Waals surface area contributed by atoms with Crippen molar-refractivity contribution in [1.29, 1.82) is 0 Å². The fourth-order valence-electron chi connectivity index (χ4n) is 8.08. The van der Waals surface area contributed by atoms with Gasteiger partial charge in [-0.05, 0) is 31.4 Å². The van der Waals surface area contributed by atoms with Gasteiger partial charge in [0.25, 0.3) is 0 Å². The van der Waals surface area contributed by atoms with Gasteiger partial charge in [0.2, 0.25) is 0 Å². The van der Waals surface area contributed by atoms with Crippen LogP contribution in [-0.2, 0) is 38.0 Å². The molecule has 0 aromatic rings. The Kier molecular flexibility index (Phi) is 5.64. The lowest BCUT2D eigenvalue weighted by molar-refractivity contribution is -0.232. The molecule has 2 aliphatic carbocycles. The van der Waals surface area contributed by atoms with Gasteiger partial charge in [0.1, 0.15) is 30.0 Å². The SMILES string of the molecule is CC1=C[C@H]2O[C@@H]3C[C@H]4OC(=O)/C=C\C=C\[C@@]56OC/C(=C\C(=O)OC[C@@]2(CC1)[C@]4(C)[C@]31CO1)C[C@@H]5O[C@@H](O)[C@H]6O. The first-order valence-electron chi connectivity index (χ1n) is 13.7. The van der Waals surface area contributed by atoms with Crippen LogP contribution in [0.5, 0.6) is 0 Å². The van der Waals surface area contributed by atoms with Gasteiger partial charge in [0, 0.05) is 30.4 Å². The van der Waals surface area contributed by atoms with E-state index in [0.717, 1.165) is 6.42 Å². The molecule has 10 nitrogen and oxygen atoms in total. The molecule has 10 atom stereocenters. The lowest BCUT2D eigenvalue weighted by Crippen LogP contribution is -2.66. The van der Waals surface area contributed by atoms with Crippen LogP contribution in [0.4, 0.5) is 0 Å². The highest BCUT2D eigenvalue weighted by Crippen LogP contribution is 2.72. The van der Waals surface area contributed by atoms with E-state index in [1.165, 1.54) is 23.8 Å². The van der Waals surface area contributed by atoms with Crippen LogP contribution in [0.25, 0.3) is 0 Å². The number of carbonyl (C=O) groups is 2. The molecule has 2 N–H and O–H groups in total. The van der Waals surface area contributed by atoms with E-state index in [4.69, 9.17) is 28.4 Å². The largest absolute Gasteiger partial charge is 0.462 e. The number of hydrogen-bond donors (Lipinski definition) is 2. The van der Waals surface area contributed by atoms with Crippen LogP contribution in [0.2, 0.25) is 0 Å². The van der Waals surface area contributed by atoms with Crippen molar-refractivity contribution in [3.05, 3.63) is 47.6 Å². The minimum absolute atomic E-state index is 0.0477. The summed E-state index contributed by atoms with van der Waals surface area (Å²) in [6.07, 6.45) is 7.25. The lowest BCUT2D eigenvalue weighted by Gasteiger charge is -2.58. The lowest BCUT2D eigenvalue weighted by atomic mass is 9.51. The summed E-state index contributed by atoms with van der Waals surface area (Å²) in [6, 6.07) is 0. The van der Waals surface area contributed by atoms with Gasteiger partial charge in [0.15, 0.2) is 6.29 Å². The molecule has 4 saturated heterocycles. The van der Waals surface area contributed by atoms with Gasteiger partial charge in [-0.1, -0.05) is 30.7 Å². The third kappa shape index (κ3) is 3.42. The van der Waals surface area contributed by atoms with Crippen LogP contribution >= 0.6 is 0 Å². The second-order valence-electron chi connectivity index (χ2n) is 12.2. The highest BCUT2D eigenvalue weighted by molar-refractivity contribution is 5.83. The summed E-state index contributed by atoms with van der Waals surface area (Å²) in [7, 11) is 0. The molecule has 0 radical (unpaired) electrons. The van der Waals surface area contributed by atoms with Crippen LogP contribution in [0.3, 0.4) is 0 Å². The summed E-state index contributed by atoms with van der Waals surface area (Å²) in [5.74, 6) is -1.04. The molecule has 0 amide bonds. The van der Waals surface area contributed by atoms with Crippen molar-refractivity contribution in [3.8, 4) is 0 Å². The second kappa shape index (κ2) is 8.58. The molecule has 3 spiro atoms. The Labute approximate surface area is 226 Å². The van der Waals surface area contributed by atoms with Gasteiger partial charge in [-0.3, -0.25) is 0 Å². The van der Waals surface area contributed by atoms with E-state index < -0.39 is 58.6 Å². The molecule has 6 aliphatic heterocycles. The van der Waals surface area contributed by atoms with Crippen molar-refractivity contribution in [2.75, 3.05) is 19.8 Å². The molecule has 8 aliphatic rings. The molecular formula is C29H34O10. The average molecular weight is 543 g/mol. The Morgan fingerprint density at radius 1 is 1.00 bits per heavy atom. The van der Waals surface area contributed by atoms with Crippen molar-refractivity contribution >= 4 is 11.9 Å². The molecular weight excluding hydrogens is 508 g/mol. The van der Waals surface area contributed by atoms with Crippen LogP contribution in [0, 0.1) is 10.8 Å². The summed E-state index contributed by atoms with van der Waals surface area (Å²) in [5.41, 5.74) is -1.37. The van der Waals surface area contributed by atoms with Gasteiger partial charge >= 0.3 is 11.9 Å². The van der Waals surface area contributed by atoms with Crippen molar-refractivity contribution in [2.24, 2.45) is 10.8 Å². The maximum Gasteiger partial charge on any atom is 0.331 e. The van der Waals surface area contributed by atoms with E-state index in [0.29, 0.717) is 25.0 Å². The molecule has 5 fully saturated rings. The molecule has 39 heavy (non-hydrogen) atoms. The number of aliphatic hydroxyl groups is 2. The molecule has 6 heterocycles. The van der Waals surface area contributed by atoms with Gasteiger partial charge < -0.3 is 38.6 Å². The number of allylic oxidation sites excluding steroid dienone is 3. The van der Waals surface area contributed by atoms with E-state index in [1.54, 1.807) is 12.2 Å². The quantitative estimate of drug-likeness (QED) is 0.263. The Hall–Kier alpha value is -2.34. The zero-order chi connectivity index (χ0) is 27.2. The molecule has 0 aromatic heterocycles. The van der Waals surface area contributed by atoms with Crippen LogP contribution < -0.4 is 0 Å². The summed E-state index contributed by atoms with van der Waals surface area (Å²) >= 11 is 0. The fraction of sp³-hybridized carbons (Fsp3) is 0.655. The average Bonchev–Trinajstić information content (AvgIpc) is 3.64. The van der Waals surface area contributed by atoms with Gasteiger partial charge in [-0.2, -0.15) is 0 Å². The van der Waals surface area contributed by atoms with Crippen molar-refractivity contribution in [1.82, 2.24) is 0 Å². The number of ether oxygens (including phenoxy) is 6. The zero-order valence-electron chi connectivity index (χ0n) is 22.0. The van der Waals surface area contributed by atoms with E-state index in [9.17, 15) is 19.8 Å². The summed E-state index contributed by atoms with van der Waals surface area (Å²) < 4.78 is 36.4. The Morgan fingerprint density at radius 2 is 1.82 bits per heavy atom. The Balaban J connectivity index is 1.29. The monoisotopic (exact) mass is 542 g/mol. The smallest absolute Gasteiger partial charge is 0.331 e. The van der Waals surface area contributed by atoms with Crippen molar-refractivity contribution in [2.45, 2.75) is 87.5 Å². The summed E-state index contributed by atoms with van der Waals surface area (Å²) in [4.78, 5) is 26.2. The molecule has 0 unspecified atom stereocenters. The summed E-state index contributed by atoms with van der Waals surface area (Å²) in [6.45, 7) is 4.81. The van der Waals surface area contributed by atoms with Gasteiger partial charge in [-0.15, -0.1) is 0 Å². The molecule has 8 rings (SSSR count). The molecule has 10 heteroatoms. The van der Waals surface area contributed by atoms with Crippen LogP contribution in [-0.4, -0.2) is 90.0 Å². The van der Waals surface area contributed by atoms with E-state index in [-0.39, 0.29) is 31.8 Å². The number of aliphatic hydroxyl groups excluding tert-OH is 2. The first-order valence-corrected chi connectivity index (χ1v) is 13.7. The van der Waals surface area contributed by atoms with Gasteiger partial charge in [-0.25, -0.2) is 9.59 Å². The molecule has 1 saturated carbocycles. The second-order valence-corrected chi connectivity index (χ2v) is 12.2. The highest BCUT2D eigenvalue weighted by atomic mass is 16.7. The number of hydrogen-bond acceptors (Lipinski definition) is 10. The maximum absolute atomic E-state index is 13.2. The number of carbonyl (C=O) groups excluding carboxylic acids is 2. The van der Waals surface area contributed by atoms with E-state index in [1.807, 2.05) is 0 Å². The normalized spacial score (nSPS) is 53.4. The number of rotatable bonds is 0.